The first-order chi connectivity index (χ1) is 10.9. The molecule has 3 N–H and O–H groups in total. The lowest BCUT2D eigenvalue weighted by atomic mass is 10.1. The van der Waals surface area contributed by atoms with Crippen LogP contribution in [0.3, 0.4) is 0 Å². The molecule has 1 amide bonds. The summed E-state index contributed by atoms with van der Waals surface area (Å²) in [6, 6.07) is 7.66. The first kappa shape index (κ1) is 15.7. The van der Waals surface area contributed by atoms with E-state index in [1.807, 2.05) is 24.3 Å². The molecule has 0 spiro atoms. The van der Waals surface area contributed by atoms with E-state index in [-0.39, 0.29) is 5.91 Å². The van der Waals surface area contributed by atoms with E-state index in [4.69, 9.17) is 5.73 Å². The van der Waals surface area contributed by atoms with Crippen LogP contribution in [0, 0.1) is 0 Å². The molecular weight excluding hydrogens is 290 g/mol. The minimum atomic E-state index is -0.900. The molecule has 0 bridgehead atoms. The van der Waals surface area contributed by atoms with Crippen LogP contribution in [0.4, 0.5) is 5.69 Å². The molecule has 0 atom stereocenters. The maximum Gasteiger partial charge on any atom is 0.243 e. The number of fused-ring (bicyclic) bond motifs is 1. The predicted molar refractivity (Wildman–Crippen MR) is 89.9 cm³/mol. The SMILES string of the molecule is CC(C)(N)C(=O)Nc1ccc(-c2nnc3n2CCCCC3)cc1. The Balaban J connectivity index is 1.80. The van der Waals surface area contributed by atoms with Crippen molar-refractivity contribution >= 4 is 11.6 Å². The van der Waals surface area contributed by atoms with Crippen LogP contribution in [-0.4, -0.2) is 26.2 Å². The Morgan fingerprint density at radius 2 is 1.91 bits per heavy atom. The summed E-state index contributed by atoms with van der Waals surface area (Å²) in [4.78, 5) is 11.9. The summed E-state index contributed by atoms with van der Waals surface area (Å²) in [7, 11) is 0. The number of anilines is 1. The molecule has 1 aromatic carbocycles. The molecule has 2 heterocycles. The van der Waals surface area contributed by atoms with Crippen molar-refractivity contribution in [2.75, 3.05) is 5.32 Å². The number of rotatable bonds is 3. The third-order valence-electron chi connectivity index (χ3n) is 4.10. The number of aromatic nitrogens is 3. The van der Waals surface area contributed by atoms with Gasteiger partial charge >= 0.3 is 0 Å². The van der Waals surface area contributed by atoms with Gasteiger partial charge in [-0.25, -0.2) is 0 Å². The normalized spacial score (nSPS) is 14.9. The van der Waals surface area contributed by atoms with E-state index in [9.17, 15) is 4.79 Å². The molecule has 1 aliphatic rings. The molecular formula is C17H23N5O. The van der Waals surface area contributed by atoms with Crippen LogP contribution in [0.25, 0.3) is 11.4 Å². The molecule has 0 saturated carbocycles. The standard InChI is InChI=1S/C17H23N5O/c1-17(2,18)16(23)19-13-9-7-12(8-10-13)15-21-20-14-6-4-3-5-11-22(14)15/h7-10H,3-6,11,18H2,1-2H3,(H,19,23). The van der Waals surface area contributed by atoms with E-state index in [0.717, 1.165) is 42.3 Å². The summed E-state index contributed by atoms with van der Waals surface area (Å²) in [6.45, 7) is 4.34. The third-order valence-corrected chi connectivity index (χ3v) is 4.10. The van der Waals surface area contributed by atoms with E-state index in [1.165, 1.54) is 12.8 Å². The van der Waals surface area contributed by atoms with E-state index >= 15 is 0 Å². The van der Waals surface area contributed by atoms with Crippen LogP contribution in [0.15, 0.2) is 24.3 Å². The van der Waals surface area contributed by atoms with Crippen molar-refractivity contribution in [2.45, 2.75) is 51.6 Å². The molecule has 0 unspecified atom stereocenters. The highest BCUT2D eigenvalue weighted by Crippen LogP contribution is 2.24. The molecule has 0 fully saturated rings. The summed E-state index contributed by atoms with van der Waals surface area (Å²) >= 11 is 0. The number of aryl methyl sites for hydroxylation is 1. The molecule has 1 aliphatic heterocycles. The van der Waals surface area contributed by atoms with Gasteiger partial charge in [0.05, 0.1) is 5.54 Å². The van der Waals surface area contributed by atoms with E-state index in [1.54, 1.807) is 13.8 Å². The lowest BCUT2D eigenvalue weighted by Crippen LogP contribution is -2.45. The van der Waals surface area contributed by atoms with Crippen LogP contribution in [0.1, 0.15) is 38.9 Å². The number of carbonyl (C=O) groups excluding carboxylic acids is 1. The van der Waals surface area contributed by atoms with E-state index < -0.39 is 5.54 Å². The first-order valence-electron chi connectivity index (χ1n) is 8.08. The fraction of sp³-hybridized carbons (Fsp3) is 0.471. The number of amides is 1. The topological polar surface area (TPSA) is 85.8 Å². The van der Waals surface area contributed by atoms with Gasteiger partial charge in [0.25, 0.3) is 0 Å². The second-order valence-corrected chi connectivity index (χ2v) is 6.66. The second-order valence-electron chi connectivity index (χ2n) is 6.66. The molecule has 6 nitrogen and oxygen atoms in total. The van der Waals surface area contributed by atoms with E-state index in [2.05, 4.69) is 20.1 Å². The molecule has 1 aromatic heterocycles. The largest absolute Gasteiger partial charge is 0.325 e. The molecule has 0 saturated heterocycles. The Morgan fingerprint density at radius 3 is 2.61 bits per heavy atom. The molecule has 6 heteroatoms. The molecule has 23 heavy (non-hydrogen) atoms. The van der Waals surface area contributed by atoms with Gasteiger partial charge in [-0.05, 0) is 51.0 Å². The van der Waals surface area contributed by atoms with Crippen LogP contribution in [0.5, 0.6) is 0 Å². The lowest BCUT2D eigenvalue weighted by molar-refractivity contribution is -0.120. The molecule has 0 aliphatic carbocycles. The number of carbonyl (C=O) groups is 1. The Labute approximate surface area is 136 Å². The van der Waals surface area contributed by atoms with Crippen LogP contribution in [0.2, 0.25) is 0 Å². The Morgan fingerprint density at radius 1 is 1.17 bits per heavy atom. The van der Waals surface area contributed by atoms with Crippen LogP contribution in [-0.2, 0) is 17.8 Å². The van der Waals surface area contributed by atoms with E-state index in [0.29, 0.717) is 0 Å². The highest BCUT2D eigenvalue weighted by Gasteiger charge is 2.22. The fourth-order valence-corrected chi connectivity index (χ4v) is 2.69. The van der Waals surface area contributed by atoms with Gasteiger partial charge in [-0.2, -0.15) is 0 Å². The van der Waals surface area contributed by atoms with Gasteiger partial charge in [0.2, 0.25) is 5.91 Å². The summed E-state index contributed by atoms with van der Waals surface area (Å²) in [5, 5.41) is 11.5. The quantitative estimate of drug-likeness (QED) is 0.910. The summed E-state index contributed by atoms with van der Waals surface area (Å²) in [5.41, 5.74) is 6.63. The molecule has 3 rings (SSSR count). The number of nitrogens with two attached hydrogens (primary N) is 1. The highest BCUT2D eigenvalue weighted by atomic mass is 16.2. The van der Waals surface area contributed by atoms with Gasteiger partial charge < -0.3 is 15.6 Å². The summed E-state index contributed by atoms with van der Waals surface area (Å²) < 4.78 is 2.21. The van der Waals surface area contributed by atoms with Gasteiger partial charge in [-0.1, -0.05) is 6.42 Å². The fourth-order valence-electron chi connectivity index (χ4n) is 2.69. The Hall–Kier alpha value is -2.21. The predicted octanol–water partition coefficient (Wildman–Crippen LogP) is 2.35. The molecule has 122 valence electrons. The highest BCUT2D eigenvalue weighted by molar-refractivity contribution is 5.97. The van der Waals surface area contributed by atoms with Crippen molar-refractivity contribution in [2.24, 2.45) is 5.73 Å². The number of hydrogen-bond donors (Lipinski definition) is 2. The van der Waals surface area contributed by atoms with Gasteiger partial charge in [-0.15, -0.1) is 10.2 Å². The number of nitrogens with zero attached hydrogens (tertiary/aromatic N) is 3. The third kappa shape index (κ3) is 3.42. The van der Waals surface area contributed by atoms with Crippen molar-refractivity contribution in [1.82, 2.24) is 14.8 Å². The minimum absolute atomic E-state index is 0.207. The molecule has 0 radical (unpaired) electrons. The van der Waals surface area contributed by atoms with Crippen molar-refractivity contribution in [1.29, 1.82) is 0 Å². The van der Waals surface area contributed by atoms with Gasteiger partial charge in [0.15, 0.2) is 5.82 Å². The van der Waals surface area contributed by atoms with Gasteiger partial charge in [0, 0.05) is 24.2 Å². The number of benzene rings is 1. The first-order valence-corrected chi connectivity index (χ1v) is 8.08. The van der Waals surface area contributed by atoms with Crippen molar-refractivity contribution in [3.05, 3.63) is 30.1 Å². The Kier molecular flexibility index (Phi) is 4.17. The van der Waals surface area contributed by atoms with Crippen molar-refractivity contribution in [3.63, 3.8) is 0 Å². The monoisotopic (exact) mass is 313 g/mol. The zero-order valence-electron chi connectivity index (χ0n) is 13.7. The van der Waals surface area contributed by atoms with Gasteiger partial charge in [0.1, 0.15) is 5.82 Å². The smallest absolute Gasteiger partial charge is 0.243 e. The number of hydrogen-bond acceptors (Lipinski definition) is 4. The van der Waals surface area contributed by atoms with Crippen molar-refractivity contribution < 1.29 is 4.79 Å². The Bertz CT molecular complexity index is 697. The van der Waals surface area contributed by atoms with Gasteiger partial charge in [-0.3, -0.25) is 4.79 Å². The maximum absolute atomic E-state index is 11.9. The number of nitrogens with one attached hydrogen (secondary N) is 1. The van der Waals surface area contributed by atoms with Crippen LogP contribution >= 0.6 is 0 Å². The molecule has 2 aromatic rings. The average Bonchev–Trinajstić information content (AvgIpc) is 2.76. The lowest BCUT2D eigenvalue weighted by Gasteiger charge is -2.17. The van der Waals surface area contributed by atoms with Crippen LogP contribution < -0.4 is 11.1 Å². The zero-order chi connectivity index (χ0) is 16.4. The maximum atomic E-state index is 11.9. The zero-order valence-corrected chi connectivity index (χ0v) is 13.7. The minimum Gasteiger partial charge on any atom is -0.325 e. The average molecular weight is 313 g/mol. The summed E-state index contributed by atoms with van der Waals surface area (Å²) in [5.74, 6) is 1.76. The summed E-state index contributed by atoms with van der Waals surface area (Å²) in [6.07, 6.45) is 4.57. The van der Waals surface area contributed by atoms with Crippen molar-refractivity contribution in [3.8, 4) is 11.4 Å². The second kappa shape index (κ2) is 6.12.